The van der Waals surface area contributed by atoms with Gasteiger partial charge in [0.2, 0.25) is 0 Å². The monoisotopic (exact) mass is 127 g/mol. The highest BCUT2D eigenvalue weighted by molar-refractivity contribution is 5.75. The van der Waals surface area contributed by atoms with Crippen molar-refractivity contribution in [2.24, 2.45) is 5.92 Å². The number of carboxylic acids is 1. The van der Waals surface area contributed by atoms with Crippen molar-refractivity contribution >= 4 is 5.97 Å². The van der Waals surface area contributed by atoms with Gasteiger partial charge in [-0.15, -0.1) is 0 Å². The Morgan fingerprint density at radius 1 is 1.67 bits per heavy atom. The summed E-state index contributed by atoms with van der Waals surface area (Å²) < 4.78 is 0. The highest BCUT2D eigenvalue weighted by Crippen LogP contribution is 2.16. The molecule has 0 saturated carbocycles. The lowest BCUT2D eigenvalue weighted by Gasteiger charge is -2.24. The number of rotatable bonds is 2. The van der Waals surface area contributed by atoms with E-state index in [0.29, 0.717) is 0 Å². The van der Waals surface area contributed by atoms with Crippen molar-refractivity contribution in [1.29, 1.82) is 0 Å². The number of carbonyl (C=O) groups is 1. The number of aliphatic carboxylic acids is 1. The van der Waals surface area contributed by atoms with Crippen LogP contribution >= 0.6 is 0 Å². The van der Waals surface area contributed by atoms with Gasteiger partial charge in [0.1, 0.15) is 0 Å². The van der Waals surface area contributed by atoms with Crippen molar-refractivity contribution in [2.45, 2.75) is 6.04 Å². The van der Waals surface area contributed by atoms with Crippen LogP contribution in [0.2, 0.25) is 0 Å². The van der Waals surface area contributed by atoms with E-state index in [-0.39, 0.29) is 12.0 Å². The van der Waals surface area contributed by atoms with Gasteiger partial charge in [-0.05, 0) is 7.05 Å². The Labute approximate surface area is 53.4 Å². The summed E-state index contributed by atoms with van der Waals surface area (Å²) in [7, 11) is 1.75. The van der Waals surface area contributed by atoms with E-state index in [1.807, 2.05) is 6.08 Å². The lowest BCUT2D eigenvalue weighted by Crippen LogP contribution is -2.40. The highest BCUT2D eigenvalue weighted by atomic mass is 16.4. The normalized spacial score (nSPS) is 31.7. The first kappa shape index (κ1) is 6.29. The van der Waals surface area contributed by atoms with Gasteiger partial charge in [-0.1, -0.05) is 12.2 Å². The molecule has 1 aliphatic rings. The fourth-order valence-electron chi connectivity index (χ4n) is 0.845. The van der Waals surface area contributed by atoms with Crippen LogP contribution in [0.4, 0.5) is 0 Å². The summed E-state index contributed by atoms with van der Waals surface area (Å²) in [4.78, 5) is 10.3. The molecule has 0 radical (unpaired) electrons. The van der Waals surface area contributed by atoms with Crippen LogP contribution in [0, 0.1) is 5.92 Å². The molecule has 0 aromatic carbocycles. The molecular formula is C6H9NO2. The van der Waals surface area contributed by atoms with E-state index in [2.05, 4.69) is 5.32 Å². The van der Waals surface area contributed by atoms with Gasteiger partial charge in [-0.2, -0.15) is 0 Å². The summed E-state index contributed by atoms with van der Waals surface area (Å²) in [5, 5.41) is 11.3. The Morgan fingerprint density at radius 3 is 2.44 bits per heavy atom. The molecule has 3 nitrogen and oxygen atoms in total. The second kappa shape index (κ2) is 2.19. The molecular weight excluding hydrogens is 118 g/mol. The molecule has 0 saturated heterocycles. The Morgan fingerprint density at radius 2 is 2.33 bits per heavy atom. The van der Waals surface area contributed by atoms with Crippen LogP contribution < -0.4 is 5.32 Å². The highest BCUT2D eigenvalue weighted by Gasteiger charge is 2.28. The van der Waals surface area contributed by atoms with Crippen LogP contribution in [0.15, 0.2) is 12.2 Å². The predicted octanol–water partition coefficient (Wildman–Crippen LogP) is -0.155. The summed E-state index contributed by atoms with van der Waals surface area (Å²) >= 11 is 0. The van der Waals surface area contributed by atoms with Crippen LogP contribution in [0.5, 0.6) is 0 Å². The standard InChI is InChI=1S/C6H9NO2/c1-7-5-3-2-4(5)6(8)9/h2-5,7H,1H3,(H,8,9). The molecule has 2 N–H and O–H groups in total. The van der Waals surface area contributed by atoms with E-state index in [4.69, 9.17) is 5.11 Å². The predicted molar refractivity (Wildman–Crippen MR) is 33.1 cm³/mol. The molecule has 0 fully saturated rings. The van der Waals surface area contributed by atoms with Crippen molar-refractivity contribution in [3.05, 3.63) is 12.2 Å². The first-order valence-electron chi connectivity index (χ1n) is 2.84. The van der Waals surface area contributed by atoms with Crippen LogP contribution in [0.25, 0.3) is 0 Å². The van der Waals surface area contributed by atoms with E-state index in [1.54, 1.807) is 13.1 Å². The molecule has 0 bridgehead atoms. The fourth-order valence-corrected chi connectivity index (χ4v) is 0.845. The van der Waals surface area contributed by atoms with Crippen LogP contribution in [-0.2, 0) is 4.79 Å². The zero-order chi connectivity index (χ0) is 6.85. The Balaban J connectivity index is 2.48. The summed E-state index contributed by atoms with van der Waals surface area (Å²) in [6.07, 6.45) is 3.53. The maximum absolute atomic E-state index is 10.3. The first-order chi connectivity index (χ1) is 4.25. The molecule has 2 unspecified atom stereocenters. The van der Waals surface area contributed by atoms with Gasteiger partial charge in [0.15, 0.2) is 0 Å². The number of likely N-dealkylation sites (N-methyl/N-ethyl adjacent to an activating group) is 1. The van der Waals surface area contributed by atoms with Crippen molar-refractivity contribution in [3.8, 4) is 0 Å². The summed E-state index contributed by atoms with van der Waals surface area (Å²) in [5.41, 5.74) is 0. The number of hydrogen-bond donors (Lipinski definition) is 2. The van der Waals surface area contributed by atoms with Crippen molar-refractivity contribution in [1.82, 2.24) is 5.32 Å². The van der Waals surface area contributed by atoms with E-state index in [0.717, 1.165) is 0 Å². The average Bonchev–Trinajstić information content (AvgIpc) is 1.61. The second-order valence-electron chi connectivity index (χ2n) is 2.06. The molecule has 0 aromatic rings. The molecule has 3 heteroatoms. The molecule has 0 aromatic heterocycles. The first-order valence-corrected chi connectivity index (χ1v) is 2.84. The van der Waals surface area contributed by atoms with E-state index >= 15 is 0 Å². The number of hydrogen-bond acceptors (Lipinski definition) is 2. The number of nitrogens with one attached hydrogen (secondary N) is 1. The number of carboxylic acid groups (broad SMARTS) is 1. The van der Waals surface area contributed by atoms with Gasteiger partial charge < -0.3 is 10.4 Å². The van der Waals surface area contributed by atoms with E-state index in [9.17, 15) is 4.79 Å². The topological polar surface area (TPSA) is 49.3 Å². The van der Waals surface area contributed by atoms with Gasteiger partial charge in [-0.3, -0.25) is 4.79 Å². The molecule has 0 heterocycles. The second-order valence-corrected chi connectivity index (χ2v) is 2.06. The Kier molecular flexibility index (Phi) is 1.53. The molecule has 0 spiro atoms. The maximum atomic E-state index is 10.3. The average molecular weight is 127 g/mol. The minimum absolute atomic E-state index is 0.0440. The minimum atomic E-state index is -0.753. The van der Waals surface area contributed by atoms with Gasteiger partial charge >= 0.3 is 5.97 Å². The largest absolute Gasteiger partial charge is 0.481 e. The third kappa shape index (κ3) is 0.954. The van der Waals surface area contributed by atoms with Gasteiger partial charge in [0, 0.05) is 6.04 Å². The van der Waals surface area contributed by atoms with Crippen molar-refractivity contribution in [3.63, 3.8) is 0 Å². The fraction of sp³-hybridized carbons (Fsp3) is 0.500. The van der Waals surface area contributed by atoms with E-state index in [1.165, 1.54) is 0 Å². The molecule has 0 aliphatic heterocycles. The summed E-state index contributed by atoms with van der Waals surface area (Å²) in [6.45, 7) is 0. The molecule has 0 amide bonds. The van der Waals surface area contributed by atoms with Gasteiger partial charge in [0.25, 0.3) is 0 Å². The maximum Gasteiger partial charge on any atom is 0.312 e. The third-order valence-corrected chi connectivity index (χ3v) is 1.53. The molecule has 1 aliphatic carbocycles. The molecule has 1 rings (SSSR count). The lowest BCUT2D eigenvalue weighted by molar-refractivity contribution is -0.141. The smallest absolute Gasteiger partial charge is 0.312 e. The van der Waals surface area contributed by atoms with Crippen LogP contribution in [0.3, 0.4) is 0 Å². The lowest BCUT2D eigenvalue weighted by atomic mass is 9.89. The zero-order valence-corrected chi connectivity index (χ0v) is 5.16. The van der Waals surface area contributed by atoms with Crippen molar-refractivity contribution in [2.75, 3.05) is 7.05 Å². The summed E-state index contributed by atoms with van der Waals surface area (Å²) in [6, 6.07) is 0.0440. The van der Waals surface area contributed by atoms with Crippen molar-refractivity contribution < 1.29 is 9.90 Å². The van der Waals surface area contributed by atoms with Gasteiger partial charge in [0.05, 0.1) is 5.92 Å². The molecule has 9 heavy (non-hydrogen) atoms. The third-order valence-electron chi connectivity index (χ3n) is 1.53. The molecule has 2 atom stereocenters. The Bertz CT molecular complexity index is 153. The SMILES string of the molecule is CNC1C=CC1C(=O)O. The Hall–Kier alpha value is -0.830. The molecule has 50 valence electrons. The quantitative estimate of drug-likeness (QED) is 0.507. The zero-order valence-electron chi connectivity index (χ0n) is 5.16. The van der Waals surface area contributed by atoms with Crippen LogP contribution in [0.1, 0.15) is 0 Å². The minimum Gasteiger partial charge on any atom is -0.481 e. The van der Waals surface area contributed by atoms with Crippen LogP contribution in [-0.4, -0.2) is 24.2 Å². The van der Waals surface area contributed by atoms with E-state index < -0.39 is 5.97 Å². The summed E-state index contributed by atoms with van der Waals surface area (Å²) in [5.74, 6) is -1.06. The van der Waals surface area contributed by atoms with Gasteiger partial charge in [-0.25, -0.2) is 0 Å².